The van der Waals surface area contributed by atoms with Gasteiger partial charge >= 0.3 is 5.97 Å². The molecule has 0 atom stereocenters. The van der Waals surface area contributed by atoms with E-state index in [1.54, 1.807) is 12.1 Å². The van der Waals surface area contributed by atoms with Crippen LogP contribution in [0.25, 0.3) is 0 Å². The number of unbranched alkanes of at least 4 members (excludes halogenated alkanes) is 2. The second kappa shape index (κ2) is 11.9. The zero-order valence-electron chi connectivity index (χ0n) is 18.8. The van der Waals surface area contributed by atoms with Gasteiger partial charge in [0.2, 0.25) is 15.9 Å². The zero-order chi connectivity index (χ0) is 24.6. The van der Waals surface area contributed by atoms with Gasteiger partial charge in [-0.25, -0.2) is 17.5 Å². The van der Waals surface area contributed by atoms with E-state index in [9.17, 15) is 22.8 Å². The van der Waals surface area contributed by atoms with Crippen LogP contribution in [-0.4, -0.2) is 51.1 Å². The molecule has 0 aliphatic carbocycles. The second-order valence-electron chi connectivity index (χ2n) is 7.51. The molecule has 0 heterocycles. The first-order valence-corrected chi connectivity index (χ1v) is 12.2. The van der Waals surface area contributed by atoms with Gasteiger partial charge in [0, 0.05) is 31.8 Å². The number of ether oxygens (including phenoxy) is 1. The molecule has 1 amide bonds. The van der Waals surface area contributed by atoms with Crippen molar-refractivity contribution in [2.75, 3.05) is 26.0 Å². The van der Waals surface area contributed by atoms with E-state index in [1.165, 1.54) is 38.4 Å². The Labute approximate surface area is 198 Å². The zero-order valence-corrected chi connectivity index (χ0v) is 20.3. The van der Waals surface area contributed by atoms with Gasteiger partial charge in [0.1, 0.15) is 0 Å². The van der Waals surface area contributed by atoms with Crippen LogP contribution in [0.3, 0.4) is 0 Å². The minimum Gasteiger partial charge on any atom is -0.454 e. The first kappa shape index (κ1) is 26.5. The number of carbonyl (C=O) groups excluding carboxylic acids is 3. The van der Waals surface area contributed by atoms with Crippen LogP contribution in [0.5, 0.6) is 0 Å². The number of halogens is 1. The van der Waals surface area contributed by atoms with Crippen molar-refractivity contribution in [1.82, 2.24) is 4.31 Å². The van der Waals surface area contributed by atoms with Crippen molar-refractivity contribution in [3.8, 4) is 0 Å². The highest BCUT2D eigenvalue weighted by Gasteiger charge is 2.22. The van der Waals surface area contributed by atoms with E-state index < -0.39 is 28.4 Å². The van der Waals surface area contributed by atoms with Gasteiger partial charge in [0.25, 0.3) is 0 Å². The molecule has 0 spiro atoms. The van der Waals surface area contributed by atoms with Crippen LogP contribution < -0.4 is 5.32 Å². The summed E-state index contributed by atoms with van der Waals surface area (Å²) in [6.45, 7) is 1.51. The molecule has 0 fully saturated rings. The molecule has 0 saturated carbocycles. The molecular weight excluding hydrogens is 468 g/mol. The summed E-state index contributed by atoms with van der Waals surface area (Å²) in [4.78, 5) is 36.6. The maximum atomic E-state index is 12.4. The third kappa shape index (κ3) is 7.38. The number of ketones is 1. The number of esters is 1. The molecular formula is C23H27ClN2O6S. The van der Waals surface area contributed by atoms with Gasteiger partial charge in [0.15, 0.2) is 12.4 Å². The fraction of sp³-hybridized carbons (Fsp3) is 0.348. The number of benzene rings is 2. The van der Waals surface area contributed by atoms with Crippen molar-refractivity contribution in [2.45, 2.75) is 37.5 Å². The normalized spacial score (nSPS) is 11.3. The molecule has 0 bridgehead atoms. The highest BCUT2D eigenvalue weighted by atomic mass is 35.5. The molecule has 2 rings (SSSR count). The summed E-state index contributed by atoms with van der Waals surface area (Å²) in [5.74, 6) is -1.47. The van der Waals surface area contributed by atoms with E-state index >= 15 is 0 Å². The van der Waals surface area contributed by atoms with Crippen LogP contribution in [-0.2, 0) is 19.6 Å². The monoisotopic (exact) mass is 494 g/mol. The fourth-order valence-corrected chi connectivity index (χ4v) is 3.95. The number of anilines is 1. The number of nitrogens with one attached hydrogen (secondary N) is 1. The summed E-state index contributed by atoms with van der Waals surface area (Å²) >= 11 is 6.02. The molecule has 2 aromatic carbocycles. The largest absolute Gasteiger partial charge is 0.454 e. The van der Waals surface area contributed by atoms with E-state index in [2.05, 4.69) is 12.2 Å². The number of sulfonamides is 1. The number of nitrogens with zero attached hydrogens (tertiary/aromatic N) is 1. The van der Waals surface area contributed by atoms with E-state index in [4.69, 9.17) is 16.3 Å². The SMILES string of the molecule is CCCCCC(=O)Nc1ccc(C(=O)COC(=O)c2cc(S(=O)(=O)N(C)C)ccc2Cl)cc1. The average Bonchev–Trinajstić information content (AvgIpc) is 2.78. The lowest BCUT2D eigenvalue weighted by molar-refractivity contribution is -0.116. The molecule has 10 heteroatoms. The third-order valence-corrected chi connectivity index (χ3v) is 6.91. The molecule has 178 valence electrons. The van der Waals surface area contributed by atoms with Gasteiger partial charge in [-0.05, 0) is 48.9 Å². The number of amides is 1. The van der Waals surface area contributed by atoms with Crippen LogP contribution in [0.2, 0.25) is 5.02 Å². The summed E-state index contributed by atoms with van der Waals surface area (Å²) in [5, 5.41) is 2.77. The second-order valence-corrected chi connectivity index (χ2v) is 10.1. The molecule has 8 nitrogen and oxygen atoms in total. The molecule has 0 aliphatic heterocycles. The fourth-order valence-electron chi connectivity index (χ4n) is 2.82. The van der Waals surface area contributed by atoms with Gasteiger partial charge in [-0.3, -0.25) is 9.59 Å². The van der Waals surface area contributed by atoms with Crippen LogP contribution >= 0.6 is 11.6 Å². The Hall–Kier alpha value is -2.75. The predicted molar refractivity (Wildman–Crippen MR) is 126 cm³/mol. The number of carbonyl (C=O) groups is 3. The predicted octanol–water partition coefficient (Wildman–Crippen LogP) is 4.15. The number of hydrogen-bond donors (Lipinski definition) is 1. The highest BCUT2D eigenvalue weighted by Crippen LogP contribution is 2.23. The standard InChI is InChI=1S/C23H27ClN2O6S/c1-4-5-6-7-22(28)25-17-10-8-16(9-11-17)21(27)15-32-23(29)19-14-18(12-13-20(19)24)33(30,31)26(2)3/h8-14H,4-7,15H2,1-3H3,(H,25,28). The Morgan fingerprint density at radius 1 is 1.03 bits per heavy atom. The number of hydrogen-bond acceptors (Lipinski definition) is 6. The molecule has 0 radical (unpaired) electrons. The lowest BCUT2D eigenvalue weighted by Gasteiger charge is -2.13. The van der Waals surface area contributed by atoms with Gasteiger partial charge in [-0.2, -0.15) is 0 Å². The summed E-state index contributed by atoms with van der Waals surface area (Å²) in [6.07, 6.45) is 3.27. The maximum Gasteiger partial charge on any atom is 0.340 e. The van der Waals surface area contributed by atoms with Crippen molar-refractivity contribution in [1.29, 1.82) is 0 Å². The first-order valence-electron chi connectivity index (χ1n) is 10.4. The molecule has 0 saturated heterocycles. The van der Waals surface area contributed by atoms with Gasteiger partial charge in [-0.1, -0.05) is 31.4 Å². The molecule has 2 aromatic rings. The van der Waals surface area contributed by atoms with Crippen LogP contribution in [0, 0.1) is 0 Å². The van der Waals surface area contributed by atoms with Crippen LogP contribution in [0.1, 0.15) is 53.3 Å². The number of Topliss-reactive ketones (excluding diaryl/α,β-unsaturated/α-hetero) is 1. The number of rotatable bonds is 11. The van der Waals surface area contributed by atoms with E-state index in [0.29, 0.717) is 17.7 Å². The maximum absolute atomic E-state index is 12.4. The minimum atomic E-state index is -3.77. The molecule has 0 aliphatic rings. The van der Waals surface area contributed by atoms with Crippen molar-refractivity contribution in [3.05, 3.63) is 58.6 Å². The van der Waals surface area contributed by atoms with E-state index in [-0.39, 0.29) is 21.4 Å². The first-order chi connectivity index (χ1) is 15.6. The Morgan fingerprint density at radius 2 is 1.70 bits per heavy atom. The lowest BCUT2D eigenvalue weighted by atomic mass is 10.1. The third-order valence-electron chi connectivity index (χ3n) is 4.77. The summed E-state index contributed by atoms with van der Waals surface area (Å²) in [7, 11) is -1.04. The minimum absolute atomic E-state index is 0.00388. The Bertz CT molecular complexity index is 1110. The average molecular weight is 495 g/mol. The Morgan fingerprint density at radius 3 is 2.30 bits per heavy atom. The van der Waals surface area contributed by atoms with Crippen molar-refractivity contribution >= 4 is 45.0 Å². The Balaban J connectivity index is 1.99. The van der Waals surface area contributed by atoms with Gasteiger partial charge in [0.05, 0.1) is 15.5 Å². The highest BCUT2D eigenvalue weighted by molar-refractivity contribution is 7.89. The lowest BCUT2D eigenvalue weighted by Crippen LogP contribution is -2.22. The van der Waals surface area contributed by atoms with Gasteiger partial charge < -0.3 is 10.1 Å². The smallest absolute Gasteiger partial charge is 0.340 e. The van der Waals surface area contributed by atoms with E-state index in [0.717, 1.165) is 29.6 Å². The van der Waals surface area contributed by atoms with E-state index in [1.807, 2.05) is 0 Å². The van der Waals surface area contributed by atoms with Crippen molar-refractivity contribution in [2.24, 2.45) is 0 Å². The molecule has 0 unspecified atom stereocenters. The molecule has 0 aromatic heterocycles. The molecule has 1 N–H and O–H groups in total. The van der Waals surface area contributed by atoms with Crippen LogP contribution in [0.4, 0.5) is 5.69 Å². The van der Waals surface area contributed by atoms with Crippen LogP contribution in [0.15, 0.2) is 47.4 Å². The van der Waals surface area contributed by atoms with Crippen molar-refractivity contribution in [3.63, 3.8) is 0 Å². The summed E-state index contributed by atoms with van der Waals surface area (Å²) in [6, 6.07) is 9.92. The summed E-state index contributed by atoms with van der Waals surface area (Å²) in [5.41, 5.74) is 0.700. The Kier molecular flexibility index (Phi) is 9.57. The topological polar surface area (TPSA) is 110 Å². The molecule has 33 heavy (non-hydrogen) atoms. The van der Waals surface area contributed by atoms with Crippen molar-refractivity contribution < 1.29 is 27.5 Å². The van der Waals surface area contributed by atoms with Gasteiger partial charge in [-0.15, -0.1) is 0 Å². The summed E-state index contributed by atoms with van der Waals surface area (Å²) < 4.78 is 30.6. The quantitative estimate of drug-likeness (QED) is 0.285.